The Labute approximate surface area is 133 Å². The van der Waals surface area contributed by atoms with Crippen LogP contribution >= 0.6 is 23.2 Å². The maximum Gasteiger partial charge on any atom is 0.224 e. The molecule has 0 atom stereocenters. The van der Waals surface area contributed by atoms with Crippen LogP contribution in [-0.4, -0.2) is 11.0 Å². The van der Waals surface area contributed by atoms with Crippen LogP contribution in [0.3, 0.4) is 0 Å². The molecule has 110 valence electrons. The van der Waals surface area contributed by atoms with Crippen LogP contribution in [0, 0.1) is 6.92 Å². The van der Waals surface area contributed by atoms with Crippen molar-refractivity contribution in [2.45, 2.75) is 19.8 Å². The fourth-order valence-corrected chi connectivity index (χ4v) is 2.51. The van der Waals surface area contributed by atoms with Gasteiger partial charge in [-0.25, -0.2) is 0 Å². The molecule has 2 rings (SSSR count). The molecule has 2 aromatic carbocycles. The van der Waals surface area contributed by atoms with Crippen molar-refractivity contribution < 1.29 is 9.90 Å². The molecule has 0 saturated carbocycles. The predicted octanol–water partition coefficient (Wildman–Crippen LogP) is 4.58. The highest BCUT2D eigenvalue weighted by molar-refractivity contribution is 6.36. The number of nitrogens with one attached hydrogen (secondary N) is 1. The predicted molar refractivity (Wildman–Crippen MR) is 86.3 cm³/mol. The van der Waals surface area contributed by atoms with E-state index >= 15 is 0 Å². The van der Waals surface area contributed by atoms with E-state index in [-0.39, 0.29) is 22.4 Å². The fourth-order valence-electron chi connectivity index (χ4n) is 2.01. The quantitative estimate of drug-likeness (QED) is 0.809. The van der Waals surface area contributed by atoms with Crippen molar-refractivity contribution in [1.29, 1.82) is 0 Å². The van der Waals surface area contributed by atoms with Gasteiger partial charge in [0.15, 0.2) is 5.75 Å². The lowest BCUT2D eigenvalue weighted by Crippen LogP contribution is -2.12. The lowest BCUT2D eigenvalue weighted by molar-refractivity contribution is -0.116. The Morgan fingerprint density at radius 2 is 1.95 bits per heavy atom. The van der Waals surface area contributed by atoms with Crippen LogP contribution < -0.4 is 5.32 Å². The van der Waals surface area contributed by atoms with Crippen LogP contribution in [0.1, 0.15) is 17.5 Å². The minimum Gasteiger partial charge on any atom is -0.504 e. The average Bonchev–Trinajstić information content (AvgIpc) is 2.43. The van der Waals surface area contributed by atoms with Crippen molar-refractivity contribution in [3.63, 3.8) is 0 Å². The van der Waals surface area contributed by atoms with E-state index in [1.54, 1.807) is 0 Å². The number of amides is 1. The Balaban J connectivity index is 2.01. The summed E-state index contributed by atoms with van der Waals surface area (Å²) in [7, 11) is 0. The number of benzene rings is 2. The molecule has 21 heavy (non-hydrogen) atoms. The molecule has 0 fully saturated rings. The third kappa shape index (κ3) is 4.13. The Bertz CT molecular complexity index is 671. The molecule has 0 saturated heterocycles. The van der Waals surface area contributed by atoms with Crippen LogP contribution in [0.5, 0.6) is 5.75 Å². The lowest BCUT2D eigenvalue weighted by atomic mass is 10.0. The summed E-state index contributed by atoms with van der Waals surface area (Å²) in [6.07, 6.45) is 0.946. The Morgan fingerprint density at radius 3 is 2.67 bits per heavy atom. The summed E-state index contributed by atoms with van der Waals surface area (Å²) in [4.78, 5) is 12.0. The molecule has 0 unspecified atom stereocenters. The van der Waals surface area contributed by atoms with Crippen LogP contribution in [0.4, 0.5) is 5.69 Å². The zero-order valence-corrected chi connectivity index (χ0v) is 13.0. The van der Waals surface area contributed by atoms with Gasteiger partial charge in [0.2, 0.25) is 5.91 Å². The maximum absolute atomic E-state index is 12.0. The molecule has 0 aliphatic heterocycles. The van der Waals surface area contributed by atoms with E-state index in [9.17, 15) is 9.90 Å². The number of anilines is 1. The standard InChI is InChI=1S/C16H15Cl2NO2/c1-10-4-2-3-5-11(10)6-7-15(20)19-14-9-12(17)8-13(18)16(14)21/h2-5,8-9,21H,6-7H2,1H3,(H,19,20). The molecule has 0 spiro atoms. The SMILES string of the molecule is Cc1ccccc1CCC(=O)Nc1cc(Cl)cc(Cl)c1O. The number of rotatable bonds is 4. The number of hydrogen-bond donors (Lipinski definition) is 2. The molecule has 0 aromatic heterocycles. The molecule has 3 nitrogen and oxygen atoms in total. The Morgan fingerprint density at radius 1 is 1.24 bits per heavy atom. The first kappa shape index (κ1) is 15.7. The van der Waals surface area contributed by atoms with Crippen LogP contribution in [0.15, 0.2) is 36.4 Å². The van der Waals surface area contributed by atoms with Crippen molar-refractivity contribution in [2.24, 2.45) is 0 Å². The third-order valence-corrected chi connectivity index (χ3v) is 3.69. The summed E-state index contributed by atoms with van der Waals surface area (Å²) in [6, 6.07) is 10.8. The summed E-state index contributed by atoms with van der Waals surface area (Å²) in [5, 5.41) is 12.9. The largest absolute Gasteiger partial charge is 0.504 e. The minimum atomic E-state index is -0.202. The van der Waals surface area contributed by atoms with Crippen molar-refractivity contribution in [2.75, 3.05) is 5.32 Å². The van der Waals surface area contributed by atoms with Gasteiger partial charge in [0, 0.05) is 11.4 Å². The highest BCUT2D eigenvalue weighted by Gasteiger charge is 2.11. The fraction of sp³-hybridized carbons (Fsp3) is 0.188. The molecule has 0 radical (unpaired) electrons. The molecular formula is C16H15Cl2NO2. The first-order valence-electron chi connectivity index (χ1n) is 6.49. The summed E-state index contributed by atoms with van der Waals surface area (Å²) >= 11 is 11.7. The molecule has 0 aliphatic carbocycles. The first-order chi connectivity index (χ1) is 9.97. The van der Waals surface area contributed by atoms with Gasteiger partial charge in [-0.15, -0.1) is 0 Å². The van der Waals surface area contributed by atoms with Gasteiger partial charge in [-0.2, -0.15) is 0 Å². The van der Waals surface area contributed by atoms with E-state index < -0.39 is 0 Å². The lowest BCUT2D eigenvalue weighted by Gasteiger charge is -2.10. The average molecular weight is 324 g/mol. The number of hydrogen-bond acceptors (Lipinski definition) is 2. The summed E-state index contributed by atoms with van der Waals surface area (Å²) in [5.74, 6) is -0.378. The molecule has 1 amide bonds. The second-order valence-electron chi connectivity index (χ2n) is 4.76. The number of carbonyl (C=O) groups excluding carboxylic acids is 1. The van der Waals surface area contributed by atoms with E-state index in [0.29, 0.717) is 17.9 Å². The monoisotopic (exact) mass is 323 g/mol. The third-order valence-electron chi connectivity index (χ3n) is 3.18. The van der Waals surface area contributed by atoms with Gasteiger partial charge in [-0.3, -0.25) is 4.79 Å². The van der Waals surface area contributed by atoms with Crippen molar-refractivity contribution in [3.05, 3.63) is 57.6 Å². The maximum atomic E-state index is 12.0. The number of aryl methyl sites for hydroxylation is 2. The molecular weight excluding hydrogens is 309 g/mol. The van der Waals surface area contributed by atoms with Gasteiger partial charge in [0.05, 0.1) is 10.7 Å². The highest BCUT2D eigenvalue weighted by atomic mass is 35.5. The van der Waals surface area contributed by atoms with E-state index in [1.807, 2.05) is 31.2 Å². The molecule has 5 heteroatoms. The van der Waals surface area contributed by atoms with Crippen LogP contribution in [-0.2, 0) is 11.2 Å². The van der Waals surface area contributed by atoms with E-state index in [2.05, 4.69) is 5.32 Å². The molecule has 2 aromatic rings. The van der Waals surface area contributed by atoms with Gasteiger partial charge >= 0.3 is 0 Å². The molecule has 0 aliphatic rings. The van der Waals surface area contributed by atoms with Crippen LogP contribution in [0.25, 0.3) is 0 Å². The van der Waals surface area contributed by atoms with Crippen molar-refractivity contribution in [3.8, 4) is 5.75 Å². The van der Waals surface area contributed by atoms with Gasteiger partial charge in [-0.05, 0) is 36.6 Å². The zero-order chi connectivity index (χ0) is 15.4. The summed E-state index contributed by atoms with van der Waals surface area (Å²) < 4.78 is 0. The second kappa shape index (κ2) is 6.83. The van der Waals surface area contributed by atoms with E-state index in [1.165, 1.54) is 12.1 Å². The van der Waals surface area contributed by atoms with Crippen molar-refractivity contribution >= 4 is 34.8 Å². The van der Waals surface area contributed by atoms with E-state index in [0.717, 1.165) is 11.1 Å². The number of phenolic OH excluding ortho intramolecular Hbond substituents is 1. The van der Waals surface area contributed by atoms with Gasteiger partial charge in [0.25, 0.3) is 0 Å². The number of carbonyl (C=O) groups is 1. The highest BCUT2D eigenvalue weighted by Crippen LogP contribution is 2.35. The molecule has 2 N–H and O–H groups in total. The van der Waals surface area contributed by atoms with Crippen LogP contribution in [0.2, 0.25) is 10.0 Å². The first-order valence-corrected chi connectivity index (χ1v) is 7.25. The Hall–Kier alpha value is -1.71. The number of halogens is 2. The van der Waals surface area contributed by atoms with E-state index in [4.69, 9.17) is 23.2 Å². The molecule has 0 bridgehead atoms. The number of phenols is 1. The van der Waals surface area contributed by atoms with Gasteiger partial charge in [0.1, 0.15) is 0 Å². The summed E-state index contributed by atoms with van der Waals surface area (Å²) in [6.45, 7) is 2.01. The minimum absolute atomic E-state index is 0.108. The van der Waals surface area contributed by atoms with Gasteiger partial charge in [-0.1, -0.05) is 47.5 Å². The summed E-state index contributed by atoms with van der Waals surface area (Å²) in [5.41, 5.74) is 2.50. The zero-order valence-electron chi connectivity index (χ0n) is 11.5. The molecule has 0 heterocycles. The normalized spacial score (nSPS) is 10.4. The second-order valence-corrected chi connectivity index (χ2v) is 5.60. The number of aromatic hydroxyl groups is 1. The Kier molecular flexibility index (Phi) is 5.10. The topological polar surface area (TPSA) is 49.3 Å². The smallest absolute Gasteiger partial charge is 0.224 e. The van der Waals surface area contributed by atoms with Crippen molar-refractivity contribution in [1.82, 2.24) is 0 Å². The van der Waals surface area contributed by atoms with Gasteiger partial charge < -0.3 is 10.4 Å².